The molecule has 0 aromatic heterocycles. The topological polar surface area (TPSA) is 65.0 Å². The summed E-state index contributed by atoms with van der Waals surface area (Å²) >= 11 is 0. The van der Waals surface area contributed by atoms with E-state index in [1.807, 2.05) is 24.3 Å². The normalized spacial score (nSPS) is 9.90. The van der Waals surface area contributed by atoms with Crippen molar-refractivity contribution < 1.29 is 14.7 Å². The van der Waals surface area contributed by atoms with Crippen molar-refractivity contribution in [2.24, 2.45) is 0 Å². The summed E-state index contributed by atoms with van der Waals surface area (Å²) in [5.41, 5.74) is 2.17. The number of methoxy groups -OCH3 is 2. The predicted octanol–water partition coefficient (Wildman–Crippen LogP) is 3.28. The van der Waals surface area contributed by atoms with Gasteiger partial charge in [0.1, 0.15) is 11.5 Å². The number of nitrogens with zero attached hydrogens (tertiary/aromatic N) is 1. The molecule has 0 spiro atoms. The van der Waals surface area contributed by atoms with E-state index in [9.17, 15) is 5.21 Å². The smallest absolute Gasteiger partial charge is 0.118 e. The molecule has 0 amide bonds. The quantitative estimate of drug-likeness (QED) is 0.854. The lowest BCUT2D eigenvalue weighted by Gasteiger charge is -2.19. The van der Waals surface area contributed by atoms with Gasteiger partial charge in [-0.25, -0.2) is 0 Å². The molecule has 0 saturated heterocycles. The fraction of sp³-hybridized carbons (Fsp3) is 0.125. The second kappa shape index (κ2) is 6.78. The summed E-state index contributed by atoms with van der Waals surface area (Å²) in [6.07, 6.45) is 1.11. The standard InChI is InChI=1S/C16H16NO4/c1-20-14-7-3-12(4-8-14)16(11-17(18)19)13-5-9-15(21-2)10-6-13/h3-11,18H,1-2H3/q-1. The highest BCUT2D eigenvalue weighted by molar-refractivity contribution is 5.79. The zero-order valence-electron chi connectivity index (χ0n) is 11.8. The molecule has 2 aromatic carbocycles. The Morgan fingerprint density at radius 3 is 1.57 bits per heavy atom. The average Bonchev–Trinajstić information content (AvgIpc) is 2.53. The summed E-state index contributed by atoms with van der Waals surface area (Å²) in [5, 5.41) is 19.8. The van der Waals surface area contributed by atoms with E-state index in [2.05, 4.69) is 0 Å². The van der Waals surface area contributed by atoms with E-state index >= 15 is 0 Å². The Morgan fingerprint density at radius 1 is 0.905 bits per heavy atom. The van der Waals surface area contributed by atoms with Gasteiger partial charge < -0.3 is 19.9 Å². The highest BCUT2D eigenvalue weighted by atomic mass is 16.8. The lowest BCUT2D eigenvalue weighted by atomic mass is 9.99. The van der Waals surface area contributed by atoms with Crippen LogP contribution in [0.4, 0.5) is 0 Å². The maximum absolute atomic E-state index is 11.0. The molecule has 2 rings (SSSR count). The Morgan fingerprint density at radius 2 is 1.29 bits per heavy atom. The zero-order chi connectivity index (χ0) is 15.2. The van der Waals surface area contributed by atoms with Crippen LogP contribution in [0, 0.1) is 5.21 Å². The Bertz CT molecular complexity index is 554. The van der Waals surface area contributed by atoms with Gasteiger partial charge in [0.2, 0.25) is 0 Å². The third-order valence-corrected chi connectivity index (χ3v) is 3.04. The van der Waals surface area contributed by atoms with E-state index in [1.165, 1.54) is 0 Å². The average molecular weight is 286 g/mol. The van der Waals surface area contributed by atoms with Gasteiger partial charge in [0.05, 0.1) is 14.2 Å². The molecule has 0 atom stereocenters. The molecule has 0 aliphatic heterocycles. The first-order valence-electron chi connectivity index (χ1n) is 6.30. The van der Waals surface area contributed by atoms with Crippen molar-refractivity contribution in [1.29, 1.82) is 0 Å². The summed E-state index contributed by atoms with van der Waals surface area (Å²) < 4.78 is 10.2. The van der Waals surface area contributed by atoms with Crippen molar-refractivity contribution in [2.75, 3.05) is 14.2 Å². The van der Waals surface area contributed by atoms with Gasteiger partial charge >= 0.3 is 0 Å². The highest BCUT2D eigenvalue weighted by Gasteiger charge is 2.06. The summed E-state index contributed by atoms with van der Waals surface area (Å²) in [6.45, 7) is 0. The molecule has 21 heavy (non-hydrogen) atoms. The minimum absolute atomic E-state index is 0.205. The van der Waals surface area contributed by atoms with Gasteiger partial charge in [-0.3, -0.25) is 5.21 Å². The Balaban J connectivity index is 2.41. The van der Waals surface area contributed by atoms with Crippen LogP contribution in [0.15, 0.2) is 54.7 Å². The number of ether oxygens (including phenoxy) is 2. The molecule has 5 heteroatoms. The van der Waals surface area contributed by atoms with Crippen molar-refractivity contribution in [2.45, 2.75) is 0 Å². The second-order valence-corrected chi connectivity index (χ2v) is 4.30. The predicted molar refractivity (Wildman–Crippen MR) is 80.1 cm³/mol. The number of rotatable bonds is 5. The first-order valence-corrected chi connectivity index (χ1v) is 6.30. The van der Waals surface area contributed by atoms with Crippen LogP contribution in [-0.4, -0.2) is 24.7 Å². The summed E-state index contributed by atoms with van der Waals surface area (Å²) in [5.74, 6) is 1.44. The van der Waals surface area contributed by atoms with Gasteiger partial charge in [-0.15, -0.1) is 0 Å². The molecule has 0 unspecified atom stereocenters. The van der Waals surface area contributed by atoms with Crippen LogP contribution in [0.3, 0.4) is 0 Å². The van der Waals surface area contributed by atoms with Gasteiger partial charge in [-0.2, -0.15) is 0 Å². The van der Waals surface area contributed by atoms with Gasteiger partial charge in [0.25, 0.3) is 0 Å². The SMILES string of the molecule is COc1ccc(C(=CN([O-])O)c2ccc(OC)cc2)cc1. The maximum Gasteiger partial charge on any atom is 0.118 e. The van der Waals surface area contributed by atoms with Crippen molar-refractivity contribution >= 4 is 5.57 Å². The fourth-order valence-electron chi connectivity index (χ4n) is 1.97. The van der Waals surface area contributed by atoms with E-state index < -0.39 is 0 Å². The summed E-state index contributed by atoms with van der Waals surface area (Å²) in [4.78, 5) is 0. The lowest BCUT2D eigenvalue weighted by Crippen LogP contribution is -2.02. The monoisotopic (exact) mass is 286 g/mol. The van der Waals surface area contributed by atoms with Crippen molar-refractivity contribution in [3.63, 3.8) is 0 Å². The molecule has 0 radical (unpaired) electrons. The van der Waals surface area contributed by atoms with Gasteiger partial charge in [0, 0.05) is 11.8 Å². The molecule has 0 fully saturated rings. The minimum atomic E-state index is -0.205. The zero-order valence-corrected chi connectivity index (χ0v) is 11.8. The molecule has 0 aliphatic carbocycles. The van der Waals surface area contributed by atoms with Gasteiger partial charge in [0.15, 0.2) is 0 Å². The Labute approximate surface area is 123 Å². The molecule has 0 heterocycles. The number of hydrogen-bond donors (Lipinski definition) is 1. The first-order chi connectivity index (χ1) is 10.1. The molecule has 0 aliphatic rings. The van der Waals surface area contributed by atoms with E-state index in [0.29, 0.717) is 5.57 Å². The van der Waals surface area contributed by atoms with Crippen molar-refractivity contribution in [3.05, 3.63) is 71.1 Å². The molecule has 5 nitrogen and oxygen atoms in total. The van der Waals surface area contributed by atoms with Crippen molar-refractivity contribution in [3.8, 4) is 11.5 Å². The summed E-state index contributed by atoms with van der Waals surface area (Å²) in [6, 6.07) is 14.4. The highest BCUT2D eigenvalue weighted by Crippen LogP contribution is 2.27. The van der Waals surface area contributed by atoms with Crippen molar-refractivity contribution in [1.82, 2.24) is 5.23 Å². The Hall–Kier alpha value is -2.50. The van der Waals surface area contributed by atoms with E-state index in [4.69, 9.17) is 14.7 Å². The van der Waals surface area contributed by atoms with E-state index in [0.717, 1.165) is 28.8 Å². The first kappa shape index (κ1) is 14.9. The van der Waals surface area contributed by atoms with Crippen LogP contribution in [0.2, 0.25) is 0 Å². The van der Waals surface area contributed by atoms with Crippen LogP contribution in [0.1, 0.15) is 11.1 Å². The minimum Gasteiger partial charge on any atom is -0.734 e. The van der Waals surface area contributed by atoms with Crippen LogP contribution in [-0.2, 0) is 0 Å². The van der Waals surface area contributed by atoms with E-state index in [1.54, 1.807) is 38.5 Å². The maximum atomic E-state index is 11.0. The fourth-order valence-corrected chi connectivity index (χ4v) is 1.97. The molecular formula is C16H16NO4-. The lowest BCUT2D eigenvalue weighted by molar-refractivity contribution is 0.0125. The summed E-state index contributed by atoms with van der Waals surface area (Å²) in [7, 11) is 3.17. The largest absolute Gasteiger partial charge is 0.734 e. The number of hydrogen-bond acceptors (Lipinski definition) is 5. The molecular weight excluding hydrogens is 270 g/mol. The third-order valence-electron chi connectivity index (χ3n) is 3.04. The molecule has 0 bridgehead atoms. The van der Waals surface area contributed by atoms with Crippen LogP contribution in [0.25, 0.3) is 5.57 Å². The van der Waals surface area contributed by atoms with Crippen LogP contribution in [0.5, 0.6) is 11.5 Å². The van der Waals surface area contributed by atoms with Crippen LogP contribution >= 0.6 is 0 Å². The second-order valence-electron chi connectivity index (χ2n) is 4.30. The molecule has 1 N–H and O–H groups in total. The number of benzene rings is 2. The Kier molecular flexibility index (Phi) is 4.81. The molecule has 2 aromatic rings. The number of hydroxylamine groups is 2. The van der Waals surface area contributed by atoms with Crippen LogP contribution < -0.4 is 9.47 Å². The van der Waals surface area contributed by atoms with Gasteiger partial charge in [-0.1, -0.05) is 24.3 Å². The third kappa shape index (κ3) is 3.75. The van der Waals surface area contributed by atoms with Gasteiger partial charge in [-0.05, 0) is 35.4 Å². The van der Waals surface area contributed by atoms with E-state index in [-0.39, 0.29) is 5.23 Å². The molecule has 110 valence electrons. The molecule has 0 saturated carbocycles.